The number of fused-ring (bicyclic) bond motifs is 1. The summed E-state index contributed by atoms with van der Waals surface area (Å²) in [6.07, 6.45) is 1.55. The molecule has 0 aliphatic carbocycles. The van der Waals surface area contributed by atoms with Gasteiger partial charge >= 0.3 is 0 Å². The van der Waals surface area contributed by atoms with E-state index in [1.54, 1.807) is 34.8 Å². The van der Waals surface area contributed by atoms with Gasteiger partial charge in [0.2, 0.25) is 9.84 Å². The molecule has 148 valence electrons. The van der Waals surface area contributed by atoms with Crippen LogP contribution in [-0.4, -0.2) is 41.6 Å². The van der Waals surface area contributed by atoms with Crippen LogP contribution < -0.4 is 10.6 Å². The molecule has 2 aromatic heterocycles. The molecule has 0 spiro atoms. The first-order valence-electron chi connectivity index (χ1n) is 9.40. The zero-order valence-corrected chi connectivity index (χ0v) is 17.2. The molecule has 0 saturated carbocycles. The van der Waals surface area contributed by atoms with Gasteiger partial charge in [-0.1, -0.05) is 18.2 Å². The maximum atomic E-state index is 13.6. The number of aromatic nitrogens is 3. The fraction of sp³-hybridized carbons (Fsp3) is 0.400. The third-order valence-corrected chi connectivity index (χ3v) is 7.16. The van der Waals surface area contributed by atoms with Gasteiger partial charge in [-0.2, -0.15) is 0 Å². The number of nitrogens with zero attached hydrogens (tertiary/aromatic N) is 4. The number of anilines is 1. The van der Waals surface area contributed by atoms with Crippen molar-refractivity contribution < 1.29 is 8.42 Å². The van der Waals surface area contributed by atoms with Crippen molar-refractivity contribution >= 4 is 21.3 Å². The zero-order valence-electron chi connectivity index (χ0n) is 16.4. The number of sulfone groups is 1. The summed E-state index contributed by atoms with van der Waals surface area (Å²) in [4.78, 5) is 6.98. The molecule has 3 heterocycles. The minimum absolute atomic E-state index is 0.172. The second kappa shape index (κ2) is 6.56. The van der Waals surface area contributed by atoms with E-state index in [2.05, 4.69) is 10.1 Å². The fourth-order valence-corrected chi connectivity index (χ4v) is 5.22. The summed E-state index contributed by atoms with van der Waals surface area (Å²) >= 11 is 0. The molecule has 0 unspecified atom stereocenters. The Kier molecular flexibility index (Phi) is 4.43. The minimum Gasteiger partial charge on any atom is -0.354 e. The maximum Gasteiger partial charge on any atom is 0.214 e. The van der Waals surface area contributed by atoms with Crippen LogP contribution in [-0.2, 0) is 9.84 Å². The molecule has 4 rings (SSSR count). The predicted molar refractivity (Wildman–Crippen MR) is 108 cm³/mol. The van der Waals surface area contributed by atoms with E-state index < -0.39 is 9.84 Å². The molecule has 3 aromatic rings. The van der Waals surface area contributed by atoms with Crippen LogP contribution in [0.4, 0.5) is 5.82 Å². The first-order valence-corrected chi connectivity index (χ1v) is 10.9. The van der Waals surface area contributed by atoms with Crippen LogP contribution in [0.5, 0.6) is 0 Å². The van der Waals surface area contributed by atoms with Gasteiger partial charge in [-0.3, -0.25) is 0 Å². The number of benzene rings is 1. The Morgan fingerprint density at radius 2 is 1.75 bits per heavy atom. The van der Waals surface area contributed by atoms with E-state index in [1.165, 1.54) is 0 Å². The summed E-state index contributed by atoms with van der Waals surface area (Å²) in [6, 6.07) is 10.4. The van der Waals surface area contributed by atoms with Crippen molar-refractivity contribution in [1.29, 1.82) is 0 Å². The third kappa shape index (κ3) is 3.16. The van der Waals surface area contributed by atoms with Crippen molar-refractivity contribution in [3.05, 3.63) is 47.8 Å². The Bertz CT molecular complexity index is 1130. The van der Waals surface area contributed by atoms with Gasteiger partial charge in [0.15, 0.2) is 16.4 Å². The van der Waals surface area contributed by atoms with Crippen LogP contribution in [0, 0.1) is 13.8 Å². The largest absolute Gasteiger partial charge is 0.354 e. The zero-order chi connectivity index (χ0) is 20.1. The van der Waals surface area contributed by atoms with Gasteiger partial charge in [0.1, 0.15) is 0 Å². The van der Waals surface area contributed by atoms with Crippen LogP contribution in [0.1, 0.15) is 31.2 Å². The first-order chi connectivity index (χ1) is 13.2. The monoisotopic (exact) mass is 399 g/mol. The van der Waals surface area contributed by atoms with Gasteiger partial charge in [0.05, 0.1) is 4.90 Å². The average Bonchev–Trinajstić information content (AvgIpc) is 3.03. The molecular formula is C20H25N5O2S. The standard InChI is InChI=1S/C20H25N5O2S/c1-14-13-15(2)25-18(22-14)17(28(26,27)16-7-5-4-6-8-16)19(23-25)24-11-9-20(3,21)10-12-24/h4-8,13H,9-12,21H2,1-3H3. The van der Waals surface area contributed by atoms with Crippen LogP contribution in [0.15, 0.2) is 46.2 Å². The van der Waals surface area contributed by atoms with E-state index in [9.17, 15) is 8.42 Å². The molecule has 0 amide bonds. The Labute approximate surface area is 165 Å². The Hall–Kier alpha value is -2.45. The lowest BCUT2D eigenvalue weighted by Crippen LogP contribution is -2.48. The number of rotatable bonds is 3. The molecule has 0 bridgehead atoms. The molecule has 1 fully saturated rings. The van der Waals surface area contributed by atoms with E-state index in [4.69, 9.17) is 5.73 Å². The summed E-state index contributed by atoms with van der Waals surface area (Å²) < 4.78 is 28.8. The van der Waals surface area contributed by atoms with E-state index in [-0.39, 0.29) is 15.3 Å². The Balaban J connectivity index is 1.95. The topological polar surface area (TPSA) is 93.6 Å². The molecule has 28 heavy (non-hydrogen) atoms. The van der Waals surface area contributed by atoms with Crippen molar-refractivity contribution in [3.8, 4) is 0 Å². The quantitative estimate of drug-likeness (QED) is 0.727. The summed E-state index contributed by atoms with van der Waals surface area (Å²) in [5.74, 6) is 0.459. The van der Waals surface area contributed by atoms with Gasteiger partial charge in [-0.15, -0.1) is 5.10 Å². The van der Waals surface area contributed by atoms with Gasteiger partial charge in [0.25, 0.3) is 0 Å². The van der Waals surface area contributed by atoms with Crippen LogP contribution in [0.25, 0.3) is 5.65 Å². The molecule has 1 aliphatic rings. The molecule has 2 N–H and O–H groups in total. The highest BCUT2D eigenvalue weighted by Crippen LogP contribution is 2.35. The minimum atomic E-state index is -3.78. The highest BCUT2D eigenvalue weighted by Gasteiger charge is 2.34. The van der Waals surface area contributed by atoms with Crippen molar-refractivity contribution in [1.82, 2.24) is 14.6 Å². The number of aryl methyl sites for hydroxylation is 2. The highest BCUT2D eigenvalue weighted by atomic mass is 32.2. The molecule has 1 aliphatic heterocycles. The van der Waals surface area contributed by atoms with Crippen molar-refractivity contribution in [2.45, 2.75) is 48.9 Å². The second-order valence-electron chi connectivity index (χ2n) is 7.88. The SMILES string of the molecule is Cc1cc(C)n2nc(N3CCC(C)(N)CC3)c(S(=O)(=O)c3ccccc3)c2n1. The van der Waals surface area contributed by atoms with E-state index in [0.717, 1.165) is 24.2 Å². The van der Waals surface area contributed by atoms with Crippen LogP contribution >= 0.6 is 0 Å². The number of hydrogen-bond acceptors (Lipinski definition) is 6. The van der Waals surface area contributed by atoms with E-state index in [0.29, 0.717) is 24.6 Å². The molecule has 1 aromatic carbocycles. The molecule has 8 heteroatoms. The third-order valence-electron chi connectivity index (χ3n) is 5.36. The summed E-state index contributed by atoms with van der Waals surface area (Å²) in [6.45, 7) is 7.12. The van der Waals surface area contributed by atoms with E-state index >= 15 is 0 Å². The summed E-state index contributed by atoms with van der Waals surface area (Å²) in [7, 11) is -3.78. The predicted octanol–water partition coefficient (Wildman–Crippen LogP) is 2.50. The Morgan fingerprint density at radius 3 is 2.39 bits per heavy atom. The molecular weight excluding hydrogens is 374 g/mol. The van der Waals surface area contributed by atoms with Gasteiger partial charge in [-0.25, -0.2) is 17.9 Å². The smallest absolute Gasteiger partial charge is 0.214 e. The molecule has 0 atom stereocenters. The van der Waals surface area contributed by atoms with Gasteiger partial charge < -0.3 is 10.6 Å². The lowest BCUT2D eigenvalue weighted by molar-refractivity contribution is 0.362. The Morgan fingerprint density at radius 1 is 1.11 bits per heavy atom. The normalized spacial score (nSPS) is 17.2. The molecule has 7 nitrogen and oxygen atoms in total. The van der Waals surface area contributed by atoms with Crippen molar-refractivity contribution in [2.24, 2.45) is 5.73 Å². The van der Waals surface area contributed by atoms with Crippen LogP contribution in [0.2, 0.25) is 0 Å². The number of nitrogens with two attached hydrogens (primary N) is 1. The summed E-state index contributed by atoms with van der Waals surface area (Å²) in [5, 5.41) is 4.68. The van der Waals surface area contributed by atoms with Crippen molar-refractivity contribution in [3.63, 3.8) is 0 Å². The lowest BCUT2D eigenvalue weighted by Gasteiger charge is -2.37. The van der Waals surface area contributed by atoms with Gasteiger partial charge in [0, 0.05) is 30.0 Å². The lowest BCUT2D eigenvalue weighted by atomic mass is 9.91. The van der Waals surface area contributed by atoms with Crippen LogP contribution in [0.3, 0.4) is 0 Å². The first kappa shape index (κ1) is 18.9. The average molecular weight is 400 g/mol. The fourth-order valence-electron chi connectivity index (χ4n) is 3.68. The highest BCUT2D eigenvalue weighted by molar-refractivity contribution is 7.91. The van der Waals surface area contributed by atoms with Crippen molar-refractivity contribution in [2.75, 3.05) is 18.0 Å². The van der Waals surface area contributed by atoms with Gasteiger partial charge in [-0.05, 0) is 51.8 Å². The maximum absolute atomic E-state index is 13.6. The number of piperidine rings is 1. The second-order valence-corrected chi connectivity index (χ2v) is 9.77. The molecule has 1 saturated heterocycles. The molecule has 0 radical (unpaired) electrons. The summed E-state index contributed by atoms with van der Waals surface area (Å²) in [5.41, 5.74) is 8.01. The number of hydrogen-bond donors (Lipinski definition) is 1. The van der Waals surface area contributed by atoms with E-state index in [1.807, 2.05) is 31.7 Å².